The Morgan fingerprint density at radius 3 is 2.44 bits per heavy atom. The lowest BCUT2D eigenvalue weighted by molar-refractivity contribution is 0.157. The van der Waals surface area contributed by atoms with Crippen molar-refractivity contribution in [3.05, 3.63) is 35.9 Å². The summed E-state index contributed by atoms with van der Waals surface area (Å²) in [5, 5.41) is 13.1. The SMILES string of the molecule is CC(C)CNC[C@@H](O)CCCCc1ccccc1. The van der Waals surface area contributed by atoms with E-state index >= 15 is 0 Å². The van der Waals surface area contributed by atoms with Crippen molar-refractivity contribution < 1.29 is 5.11 Å². The highest BCUT2D eigenvalue weighted by Crippen LogP contribution is 2.07. The van der Waals surface area contributed by atoms with Crippen molar-refractivity contribution in [1.29, 1.82) is 0 Å². The fourth-order valence-electron chi connectivity index (χ4n) is 1.99. The van der Waals surface area contributed by atoms with Crippen LogP contribution in [0.25, 0.3) is 0 Å². The van der Waals surface area contributed by atoms with Crippen molar-refractivity contribution in [3.63, 3.8) is 0 Å². The monoisotopic (exact) mass is 249 g/mol. The van der Waals surface area contributed by atoms with E-state index < -0.39 is 0 Å². The first-order chi connectivity index (χ1) is 8.68. The average Bonchev–Trinajstić information content (AvgIpc) is 2.35. The molecular weight excluding hydrogens is 222 g/mol. The van der Waals surface area contributed by atoms with E-state index in [1.165, 1.54) is 5.56 Å². The van der Waals surface area contributed by atoms with Gasteiger partial charge in [-0.25, -0.2) is 0 Å². The largest absolute Gasteiger partial charge is 0.392 e. The van der Waals surface area contributed by atoms with E-state index in [1.807, 2.05) is 6.07 Å². The molecule has 0 aliphatic rings. The summed E-state index contributed by atoms with van der Waals surface area (Å²) in [5.74, 6) is 0.648. The Kier molecular flexibility index (Phi) is 7.70. The number of benzene rings is 1. The maximum absolute atomic E-state index is 9.80. The molecule has 0 aliphatic carbocycles. The fourth-order valence-corrected chi connectivity index (χ4v) is 1.99. The van der Waals surface area contributed by atoms with Gasteiger partial charge in [0.2, 0.25) is 0 Å². The van der Waals surface area contributed by atoms with Crippen LogP contribution in [0.15, 0.2) is 30.3 Å². The first kappa shape index (κ1) is 15.2. The third-order valence-electron chi connectivity index (χ3n) is 3.03. The average molecular weight is 249 g/mol. The van der Waals surface area contributed by atoms with Gasteiger partial charge in [-0.3, -0.25) is 0 Å². The molecule has 0 saturated heterocycles. The molecule has 1 rings (SSSR count). The quantitative estimate of drug-likeness (QED) is 0.659. The number of hydrogen-bond acceptors (Lipinski definition) is 2. The van der Waals surface area contributed by atoms with E-state index in [9.17, 15) is 5.11 Å². The molecule has 0 unspecified atom stereocenters. The van der Waals surface area contributed by atoms with E-state index in [0.717, 1.165) is 38.8 Å². The third-order valence-corrected chi connectivity index (χ3v) is 3.03. The Morgan fingerprint density at radius 2 is 1.78 bits per heavy atom. The highest BCUT2D eigenvalue weighted by Gasteiger charge is 2.03. The second-order valence-electron chi connectivity index (χ2n) is 5.44. The van der Waals surface area contributed by atoms with E-state index in [4.69, 9.17) is 0 Å². The topological polar surface area (TPSA) is 32.3 Å². The van der Waals surface area contributed by atoms with Crippen molar-refractivity contribution in [2.75, 3.05) is 13.1 Å². The number of hydrogen-bond donors (Lipinski definition) is 2. The Bertz CT molecular complexity index is 297. The number of rotatable bonds is 9. The molecule has 1 atom stereocenters. The van der Waals surface area contributed by atoms with Crippen LogP contribution in [0, 0.1) is 5.92 Å². The molecule has 2 N–H and O–H groups in total. The zero-order chi connectivity index (χ0) is 13.2. The van der Waals surface area contributed by atoms with Crippen LogP contribution < -0.4 is 5.32 Å². The van der Waals surface area contributed by atoms with Crippen molar-refractivity contribution in [2.45, 2.75) is 45.6 Å². The summed E-state index contributed by atoms with van der Waals surface area (Å²) >= 11 is 0. The van der Waals surface area contributed by atoms with Gasteiger partial charge in [-0.05, 0) is 37.3 Å². The van der Waals surface area contributed by atoms with Crippen LogP contribution in [0.2, 0.25) is 0 Å². The van der Waals surface area contributed by atoms with E-state index in [0.29, 0.717) is 5.92 Å². The predicted molar refractivity (Wildman–Crippen MR) is 77.7 cm³/mol. The van der Waals surface area contributed by atoms with Gasteiger partial charge in [-0.2, -0.15) is 0 Å². The molecule has 0 fully saturated rings. The van der Waals surface area contributed by atoms with Crippen molar-refractivity contribution >= 4 is 0 Å². The van der Waals surface area contributed by atoms with Gasteiger partial charge in [0.15, 0.2) is 0 Å². The minimum Gasteiger partial charge on any atom is -0.392 e. The second-order valence-corrected chi connectivity index (χ2v) is 5.44. The van der Waals surface area contributed by atoms with Crippen molar-refractivity contribution in [3.8, 4) is 0 Å². The Labute approximate surface area is 111 Å². The molecule has 18 heavy (non-hydrogen) atoms. The van der Waals surface area contributed by atoms with E-state index in [2.05, 4.69) is 43.4 Å². The second kappa shape index (κ2) is 9.12. The first-order valence-electron chi connectivity index (χ1n) is 7.11. The van der Waals surface area contributed by atoms with Crippen LogP contribution >= 0.6 is 0 Å². The van der Waals surface area contributed by atoms with Crippen molar-refractivity contribution in [2.24, 2.45) is 5.92 Å². The molecule has 1 aromatic carbocycles. The van der Waals surface area contributed by atoms with Gasteiger partial charge < -0.3 is 10.4 Å². The molecule has 0 saturated carbocycles. The van der Waals surface area contributed by atoms with Gasteiger partial charge in [0.1, 0.15) is 0 Å². The van der Waals surface area contributed by atoms with E-state index in [1.54, 1.807) is 0 Å². The van der Waals surface area contributed by atoms with Crippen LogP contribution in [0.4, 0.5) is 0 Å². The van der Waals surface area contributed by atoms with Crippen LogP contribution in [0.1, 0.15) is 38.7 Å². The smallest absolute Gasteiger partial charge is 0.0664 e. The summed E-state index contributed by atoms with van der Waals surface area (Å²) in [6.07, 6.45) is 4.08. The van der Waals surface area contributed by atoms with Gasteiger partial charge >= 0.3 is 0 Å². The Morgan fingerprint density at radius 1 is 1.06 bits per heavy atom. The number of aryl methyl sites for hydroxylation is 1. The summed E-state index contributed by atoms with van der Waals surface area (Å²) in [4.78, 5) is 0. The molecule has 0 heterocycles. The summed E-state index contributed by atoms with van der Waals surface area (Å²) in [5.41, 5.74) is 1.39. The molecule has 0 radical (unpaired) electrons. The minimum atomic E-state index is -0.195. The number of unbranched alkanes of at least 4 members (excludes halogenated alkanes) is 1. The van der Waals surface area contributed by atoms with Crippen LogP contribution in [0.3, 0.4) is 0 Å². The zero-order valence-corrected chi connectivity index (χ0v) is 11.7. The molecule has 0 amide bonds. The third kappa shape index (κ3) is 7.46. The van der Waals surface area contributed by atoms with E-state index in [-0.39, 0.29) is 6.10 Å². The summed E-state index contributed by atoms with van der Waals surface area (Å²) in [6.45, 7) is 6.07. The summed E-state index contributed by atoms with van der Waals surface area (Å²) in [7, 11) is 0. The number of aliphatic hydroxyl groups excluding tert-OH is 1. The first-order valence-corrected chi connectivity index (χ1v) is 7.11. The Hall–Kier alpha value is -0.860. The van der Waals surface area contributed by atoms with Gasteiger partial charge in [0.05, 0.1) is 6.10 Å². The number of aliphatic hydroxyl groups is 1. The normalized spacial score (nSPS) is 12.9. The molecule has 2 heteroatoms. The molecule has 0 aliphatic heterocycles. The lowest BCUT2D eigenvalue weighted by Crippen LogP contribution is -2.29. The molecule has 0 bridgehead atoms. The van der Waals surface area contributed by atoms with Gasteiger partial charge in [-0.15, -0.1) is 0 Å². The van der Waals surface area contributed by atoms with Gasteiger partial charge in [0, 0.05) is 6.54 Å². The molecule has 102 valence electrons. The molecular formula is C16H27NO. The van der Waals surface area contributed by atoms with Crippen LogP contribution in [0.5, 0.6) is 0 Å². The lowest BCUT2D eigenvalue weighted by atomic mass is 10.1. The molecule has 0 aromatic heterocycles. The minimum absolute atomic E-state index is 0.195. The maximum atomic E-state index is 9.80. The fraction of sp³-hybridized carbons (Fsp3) is 0.625. The highest BCUT2D eigenvalue weighted by atomic mass is 16.3. The van der Waals surface area contributed by atoms with Crippen LogP contribution in [-0.4, -0.2) is 24.3 Å². The maximum Gasteiger partial charge on any atom is 0.0664 e. The zero-order valence-electron chi connectivity index (χ0n) is 11.7. The highest BCUT2D eigenvalue weighted by molar-refractivity contribution is 5.14. The standard InChI is InChI=1S/C16H27NO/c1-14(2)12-17-13-16(18)11-7-6-10-15-8-4-3-5-9-15/h3-5,8-9,14,16-18H,6-7,10-13H2,1-2H3/t16-/m0/s1. The molecule has 2 nitrogen and oxygen atoms in total. The van der Waals surface area contributed by atoms with Crippen molar-refractivity contribution in [1.82, 2.24) is 5.32 Å². The molecule has 0 spiro atoms. The predicted octanol–water partition coefficient (Wildman–Crippen LogP) is 3.01. The molecule has 1 aromatic rings. The lowest BCUT2D eigenvalue weighted by Gasteiger charge is -2.13. The Balaban J connectivity index is 2.00. The van der Waals surface area contributed by atoms with Gasteiger partial charge in [0.25, 0.3) is 0 Å². The summed E-state index contributed by atoms with van der Waals surface area (Å²) < 4.78 is 0. The van der Waals surface area contributed by atoms with Gasteiger partial charge in [-0.1, -0.05) is 50.6 Å². The summed E-state index contributed by atoms with van der Waals surface area (Å²) in [6, 6.07) is 10.6. The van der Waals surface area contributed by atoms with Crippen LogP contribution in [-0.2, 0) is 6.42 Å². The number of nitrogens with one attached hydrogen (secondary N) is 1.